The number of hydrogen-bond donors (Lipinski definition) is 0. The van der Waals surface area contributed by atoms with Crippen LogP contribution < -0.4 is 0 Å². The van der Waals surface area contributed by atoms with Gasteiger partial charge in [0, 0.05) is 18.2 Å². The highest BCUT2D eigenvalue weighted by atomic mass is 32.2. The standard InChI is InChI=1S/C25H21FN2O4S/c1-4-28-23(29)22(33-25(28)27-18-9-7-17(26)8-10-18)14-19-11-12-21(32-19)20-13-16(24(30)31-3)6-5-15(20)2/h5-14H,4H2,1-3H3/b22-14+,27-25?. The van der Waals surface area contributed by atoms with Gasteiger partial charge in [0.25, 0.3) is 5.91 Å². The largest absolute Gasteiger partial charge is 0.465 e. The van der Waals surface area contributed by atoms with Gasteiger partial charge in [-0.05, 0) is 79.7 Å². The molecule has 3 aromatic rings. The number of amides is 1. The maximum Gasteiger partial charge on any atom is 0.337 e. The predicted molar refractivity (Wildman–Crippen MR) is 127 cm³/mol. The highest BCUT2D eigenvalue weighted by Crippen LogP contribution is 2.35. The second-order valence-electron chi connectivity index (χ2n) is 7.25. The third-order valence-electron chi connectivity index (χ3n) is 5.08. The Balaban J connectivity index is 1.62. The first kappa shape index (κ1) is 22.5. The summed E-state index contributed by atoms with van der Waals surface area (Å²) >= 11 is 1.24. The molecule has 1 amide bonds. The Bertz CT molecular complexity index is 1280. The molecule has 2 aromatic carbocycles. The Labute approximate surface area is 194 Å². The zero-order valence-electron chi connectivity index (χ0n) is 18.3. The molecule has 0 saturated carbocycles. The van der Waals surface area contributed by atoms with Crippen LogP contribution in [0.25, 0.3) is 17.4 Å². The monoisotopic (exact) mass is 464 g/mol. The zero-order valence-corrected chi connectivity index (χ0v) is 19.1. The molecule has 6 nitrogen and oxygen atoms in total. The van der Waals surface area contributed by atoms with Crippen molar-refractivity contribution in [3.8, 4) is 11.3 Å². The minimum absolute atomic E-state index is 0.176. The second kappa shape index (κ2) is 9.46. The Morgan fingerprint density at radius 2 is 1.94 bits per heavy atom. The van der Waals surface area contributed by atoms with E-state index in [0.717, 1.165) is 11.1 Å². The van der Waals surface area contributed by atoms with Crippen molar-refractivity contribution in [2.75, 3.05) is 13.7 Å². The van der Waals surface area contributed by atoms with E-state index in [1.807, 2.05) is 19.9 Å². The summed E-state index contributed by atoms with van der Waals surface area (Å²) in [6.45, 7) is 4.24. The Morgan fingerprint density at radius 1 is 1.18 bits per heavy atom. The number of furan rings is 1. The van der Waals surface area contributed by atoms with Gasteiger partial charge in [-0.3, -0.25) is 9.69 Å². The quantitative estimate of drug-likeness (QED) is 0.352. The van der Waals surface area contributed by atoms with E-state index in [4.69, 9.17) is 9.15 Å². The highest BCUT2D eigenvalue weighted by molar-refractivity contribution is 8.18. The van der Waals surface area contributed by atoms with Crippen LogP contribution in [-0.4, -0.2) is 35.6 Å². The summed E-state index contributed by atoms with van der Waals surface area (Å²) in [7, 11) is 1.34. The number of carbonyl (C=O) groups is 2. The number of halogens is 1. The van der Waals surface area contributed by atoms with Gasteiger partial charge in [0.2, 0.25) is 0 Å². The van der Waals surface area contributed by atoms with E-state index in [-0.39, 0.29) is 11.7 Å². The van der Waals surface area contributed by atoms with Crippen molar-refractivity contribution in [3.63, 3.8) is 0 Å². The molecule has 2 heterocycles. The van der Waals surface area contributed by atoms with Crippen LogP contribution in [0.5, 0.6) is 0 Å². The van der Waals surface area contributed by atoms with E-state index < -0.39 is 5.97 Å². The van der Waals surface area contributed by atoms with Crippen LogP contribution >= 0.6 is 11.8 Å². The third-order valence-corrected chi connectivity index (χ3v) is 6.09. The minimum atomic E-state index is -0.425. The number of carbonyl (C=O) groups excluding carboxylic acids is 2. The molecule has 0 aliphatic carbocycles. The van der Waals surface area contributed by atoms with Crippen molar-refractivity contribution < 1.29 is 23.1 Å². The SMILES string of the molecule is CCN1C(=O)/C(=C\c2ccc(-c3cc(C(=O)OC)ccc3C)o2)SC1=Nc1ccc(F)cc1. The molecule has 168 valence electrons. The molecule has 1 saturated heterocycles. The van der Waals surface area contributed by atoms with E-state index in [2.05, 4.69) is 4.99 Å². The van der Waals surface area contributed by atoms with Crippen LogP contribution in [0.4, 0.5) is 10.1 Å². The molecule has 1 aliphatic rings. The number of esters is 1. The number of ether oxygens (including phenoxy) is 1. The number of likely N-dealkylation sites (N-methyl/N-ethyl adjacent to an activating group) is 1. The first-order valence-corrected chi connectivity index (χ1v) is 11.1. The predicted octanol–water partition coefficient (Wildman–Crippen LogP) is 5.80. The fraction of sp³-hybridized carbons (Fsp3) is 0.160. The van der Waals surface area contributed by atoms with Gasteiger partial charge in [-0.2, -0.15) is 0 Å². The molecule has 1 aliphatic heterocycles. The molecule has 0 unspecified atom stereocenters. The average molecular weight is 465 g/mol. The number of aryl methyl sites for hydroxylation is 1. The Kier molecular flexibility index (Phi) is 6.46. The van der Waals surface area contributed by atoms with Crippen LogP contribution in [0.2, 0.25) is 0 Å². The number of aliphatic imine (C=N–C) groups is 1. The summed E-state index contributed by atoms with van der Waals surface area (Å²) in [5.41, 5.74) is 2.69. The number of rotatable bonds is 5. The summed E-state index contributed by atoms with van der Waals surface area (Å²) in [5.74, 6) is 0.134. The molecule has 0 atom stereocenters. The van der Waals surface area contributed by atoms with Gasteiger partial charge in [0.1, 0.15) is 17.3 Å². The van der Waals surface area contributed by atoms with Gasteiger partial charge in [0.05, 0.1) is 23.3 Å². The number of amidine groups is 1. The van der Waals surface area contributed by atoms with E-state index >= 15 is 0 Å². The van der Waals surface area contributed by atoms with Crippen molar-refractivity contribution >= 4 is 40.6 Å². The van der Waals surface area contributed by atoms with E-state index in [1.165, 1.54) is 31.0 Å². The van der Waals surface area contributed by atoms with Crippen LogP contribution in [0, 0.1) is 12.7 Å². The number of methoxy groups -OCH3 is 1. The lowest BCUT2D eigenvalue weighted by Crippen LogP contribution is -2.28. The number of hydrogen-bond acceptors (Lipinski definition) is 6. The fourth-order valence-electron chi connectivity index (χ4n) is 3.33. The first-order chi connectivity index (χ1) is 15.9. The van der Waals surface area contributed by atoms with Crippen molar-refractivity contribution in [1.82, 2.24) is 4.90 Å². The fourth-order valence-corrected chi connectivity index (χ4v) is 4.38. The number of benzene rings is 2. The number of thioether (sulfide) groups is 1. The van der Waals surface area contributed by atoms with Gasteiger partial charge >= 0.3 is 5.97 Å². The molecule has 1 aromatic heterocycles. The van der Waals surface area contributed by atoms with Crippen LogP contribution in [-0.2, 0) is 9.53 Å². The summed E-state index contributed by atoms with van der Waals surface area (Å²) < 4.78 is 23.9. The van der Waals surface area contributed by atoms with E-state index in [9.17, 15) is 14.0 Å². The van der Waals surface area contributed by atoms with Crippen molar-refractivity contribution in [1.29, 1.82) is 0 Å². The zero-order chi connectivity index (χ0) is 23.5. The normalized spacial score (nSPS) is 16.1. The number of nitrogens with zero attached hydrogens (tertiary/aromatic N) is 2. The lowest BCUT2D eigenvalue weighted by Gasteiger charge is -2.11. The summed E-state index contributed by atoms with van der Waals surface area (Å²) in [6.07, 6.45) is 1.67. The second-order valence-corrected chi connectivity index (χ2v) is 8.26. The van der Waals surface area contributed by atoms with Gasteiger partial charge in [-0.15, -0.1) is 0 Å². The van der Waals surface area contributed by atoms with Crippen molar-refractivity contribution in [3.05, 3.63) is 82.2 Å². The molecule has 4 rings (SSSR count). The topological polar surface area (TPSA) is 72.1 Å². The van der Waals surface area contributed by atoms with E-state index in [0.29, 0.717) is 39.4 Å². The molecular formula is C25H21FN2O4S. The molecule has 0 bridgehead atoms. The van der Waals surface area contributed by atoms with Gasteiger partial charge < -0.3 is 9.15 Å². The molecule has 0 N–H and O–H groups in total. The Hall–Kier alpha value is -3.65. The van der Waals surface area contributed by atoms with Crippen LogP contribution in [0.3, 0.4) is 0 Å². The lowest BCUT2D eigenvalue weighted by molar-refractivity contribution is -0.122. The minimum Gasteiger partial charge on any atom is -0.465 e. The van der Waals surface area contributed by atoms with Gasteiger partial charge in [0.15, 0.2) is 5.17 Å². The molecule has 0 spiro atoms. The maximum atomic E-state index is 13.2. The summed E-state index contributed by atoms with van der Waals surface area (Å²) in [6, 6.07) is 14.6. The van der Waals surface area contributed by atoms with Gasteiger partial charge in [-0.25, -0.2) is 14.2 Å². The highest BCUT2D eigenvalue weighted by Gasteiger charge is 2.32. The smallest absolute Gasteiger partial charge is 0.337 e. The van der Waals surface area contributed by atoms with Gasteiger partial charge in [-0.1, -0.05) is 6.07 Å². The van der Waals surface area contributed by atoms with Crippen molar-refractivity contribution in [2.24, 2.45) is 4.99 Å². The average Bonchev–Trinajstić information content (AvgIpc) is 3.39. The summed E-state index contributed by atoms with van der Waals surface area (Å²) in [5, 5.41) is 0.522. The maximum absolute atomic E-state index is 13.2. The third kappa shape index (κ3) is 4.75. The van der Waals surface area contributed by atoms with Crippen molar-refractivity contribution in [2.45, 2.75) is 13.8 Å². The first-order valence-electron chi connectivity index (χ1n) is 10.2. The summed E-state index contributed by atoms with van der Waals surface area (Å²) in [4.78, 5) is 31.3. The molecular weight excluding hydrogens is 443 g/mol. The van der Waals surface area contributed by atoms with Crippen LogP contribution in [0.1, 0.15) is 28.6 Å². The molecule has 1 fully saturated rings. The van der Waals surface area contributed by atoms with E-state index in [1.54, 1.807) is 47.4 Å². The van der Waals surface area contributed by atoms with Crippen LogP contribution in [0.15, 0.2) is 68.9 Å². The molecule has 8 heteroatoms. The molecule has 33 heavy (non-hydrogen) atoms. The molecule has 0 radical (unpaired) electrons. The lowest BCUT2D eigenvalue weighted by atomic mass is 10.0. The Morgan fingerprint density at radius 3 is 2.64 bits per heavy atom.